The topological polar surface area (TPSA) is 39.1 Å². The Labute approximate surface area is 166 Å². The minimum absolute atomic E-state index is 0.675. The van der Waals surface area contributed by atoms with E-state index >= 15 is 0 Å². The van der Waals surface area contributed by atoms with E-state index in [9.17, 15) is 0 Å². The summed E-state index contributed by atoms with van der Waals surface area (Å²) in [4.78, 5) is 0. The summed E-state index contributed by atoms with van der Waals surface area (Å²) in [5.41, 5.74) is 3.33. The van der Waals surface area contributed by atoms with Crippen LogP contribution in [0.3, 0.4) is 0 Å². The van der Waals surface area contributed by atoms with Gasteiger partial charge in [0, 0.05) is 38.5 Å². The lowest BCUT2D eigenvalue weighted by Crippen LogP contribution is -2.51. The normalized spacial score (nSPS) is 12.8. The molecule has 3 nitrogen and oxygen atoms in total. The van der Waals surface area contributed by atoms with E-state index in [1.807, 2.05) is 0 Å². The molecule has 1 aromatic carbocycles. The zero-order chi connectivity index (χ0) is 19.6. The van der Waals surface area contributed by atoms with Crippen molar-refractivity contribution in [3.05, 3.63) is 35.5 Å². The van der Waals surface area contributed by atoms with E-state index in [2.05, 4.69) is 97.6 Å². The van der Waals surface area contributed by atoms with Gasteiger partial charge in [-0.25, -0.2) is 0 Å². The highest BCUT2D eigenvalue weighted by Gasteiger charge is 2.45. The Hall–Kier alpha value is -0.203. The third-order valence-corrected chi connectivity index (χ3v) is 11.9. The van der Waals surface area contributed by atoms with Crippen LogP contribution in [-0.4, -0.2) is 20.9 Å². The average Bonchev–Trinajstić information content (AvgIpc) is 2.75. The minimum atomic E-state index is -3.72. The summed E-state index contributed by atoms with van der Waals surface area (Å²) < 4.78 is 20.9. The zero-order valence-corrected chi connectivity index (χ0v) is 19.5. The third-order valence-electron chi connectivity index (χ3n) is 4.86. The first-order chi connectivity index (χ1) is 11.3. The first-order valence-electron chi connectivity index (χ1n) is 8.23. The van der Waals surface area contributed by atoms with Gasteiger partial charge >= 0.3 is 8.26 Å². The molecule has 0 aliphatic heterocycles. The fourth-order valence-electron chi connectivity index (χ4n) is 4.29. The molecule has 0 N–H and O–H groups in total. The lowest BCUT2D eigenvalue weighted by molar-refractivity contribution is 0.621. The molecule has 8 heteroatoms. The van der Waals surface area contributed by atoms with Gasteiger partial charge in [0.25, 0.3) is 0 Å². The molecule has 2 aromatic rings. The van der Waals surface area contributed by atoms with Crippen LogP contribution in [0.4, 0.5) is 0 Å². The van der Waals surface area contributed by atoms with Gasteiger partial charge in [-0.3, -0.25) is 0 Å². The molecule has 0 atom stereocenters. The molecule has 1 aromatic heterocycles. The highest BCUT2D eigenvalue weighted by Crippen LogP contribution is 2.45. The number of hydrogen-bond donors (Lipinski definition) is 0. The van der Waals surface area contributed by atoms with Crippen molar-refractivity contribution in [2.45, 2.75) is 58.2 Å². The maximum Gasteiger partial charge on any atom is 0.317 e. The summed E-state index contributed by atoms with van der Waals surface area (Å²) in [6, 6.07) is 8.54. The van der Waals surface area contributed by atoms with Gasteiger partial charge in [0.05, 0.1) is 5.02 Å². The Morgan fingerprint density at radius 1 is 0.920 bits per heavy atom. The van der Waals surface area contributed by atoms with Crippen LogP contribution in [0, 0.1) is 0 Å². The van der Waals surface area contributed by atoms with Crippen LogP contribution in [0.5, 0.6) is 0 Å². The van der Waals surface area contributed by atoms with E-state index in [1.165, 1.54) is 10.9 Å². The second-order valence-corrected chi connectivity index (χ2v) is 16.9. The number of aromatic nitrogens is 1. The molecule has 0 unspecified atom stereocenters. The van der Waals surface area contributed by atoms with Crippen molar-refractivity contribution in [2.75, 3.05) is 0 Å². The summed E-state index contributed by atoms with van der Waals surface area (Å²) in [6.07, 6.45) is 2.19. The van der Waals surface area contributed by atoms with Crippen LogP contribution in [0.25, 0.3) is 10.9 Å². The second-order valence-electron chi connectivity index (χ2n) is 7.09. The molecule has 0 bridgehead atoms. The van der Waals surface area contributed by atoms with Crippen molar-refractivity contribution in [2.24, 2.45) is 0 Å². The molecule has 0 saturated heterocycles. The predicted molar refractivity (Wildman–Crippen MR) is 114 cm³/mol. The zero-order valence-electron chi connectivity index (χ0n) is 15.4. The Kier molecular flexibility index (Phi) is 7.91. The van der Waals surface area contributed by atoms with Crippen LogP contribution >= 0.6 is 33.0 Å². The fourth-order valence-corrected chi connectivity index (χ4v) is 11.3. The van der Waals surface area contributed by atoms with Crippen LogP contribution in [-0.2, 0) is 8.26 Å². The Balaban J connectivity index is 0.000000550. The maximum atomic E-state index is 9.16. The van der Waals surface area contributed by atoms with Gasteiger partial charge in [-0.2, -0.15) is 8.42 Å². The van der Waals surface area contributed by atoms with Gasteiger partial charge in [-0.1, -0.05) is 71.3 Å². The van der Waals surface area contributed by atoms with Gasteiger partial charge in [-0.05, 0) is 22.7 Å². The second kappa shape index (κ2) is 8.66. The summed E-state index contributed by atoms with van der Waals surface area (Å²) >= 11 is 6.50. The Morgan fingerprint density at radius 2 is 1.32 bits per heavy atom. The van der Waals surface area contributed by atoms with Gasteiger partial charge in [0.2, 0.25) is 0 Å². The van der Waals surface area contributed by atoms with Crippen molar-refractivity contribution < 1.29 is 8.42 Å². The number of para-hydroxylation sites is 1. The summed E-state index contributed by atoms with van der Waals surface area (Å²) in [7, 11) is 3.10. The predicted octanol–water partition coefficient (Wildman–Crippen LogP) is 7.03. The van der Waals surface area contributed by atoms with Crippen LogP contribution in [0.2, 0.25) is 21.6 Å². The van der Waals surface area contributed by atoms with E-state index in [0.717, 1.165) is 5.02 Å². The van der Waals surface area contributed by atoms with Crippen LogP contribution in [0.15, 0.2) is 30.5 Å². The Morgan fingerprint density at radius 3 is 1.72 bits per heavy atom. The average molecular weight is 443 g/mol. The van der Waals surface area contributed by atoms with Crippen LogP contribution in [0.1, 0.15) is 41.5 Å². The van der Waals surface area contributed by atoms with Gasteiger partial charge in [-0.15, -0.1) is 0 Å². The SMILES string of the molecule is CC(C)[Si](C(C)C)(C(C)C)n1cc(Cl)c2ccccc21.O=S(=O)(Cl)Cl. The largest absolute Gasteiger partial charge is 0.372 e. The van der Waals surface area contributed by atoms with E-state index in [1.54, 1.807) is 0 Å². The van der Waals surface area contributed by atoms with Crippen molar-refractivity contribution in [3.63, 3.8) is 0 Å². The molecule has 2 rings (SSSR count). The first kappa shape index (κ1) is 22.8. The lowest BCUT2D eigenvalue weighted by Gasteiger charge is -2.44. The summed E-state index contributed by atoms with van der Waals surface area (Å²) in [5, 5.41) is 2.08. The summed E-state index contributed by atoms with van der Waals surface area (Å²) in [5.74, 6) is 0. The van der Waals surface area contributed by atoms with Gasteiger partial charge < -0.3 is 4.23 Å². The van der Waals surface area contributed by atoms with Gasteiger partial charge in [0.1, 0.15) is 0 Å². The lowest BCUT2D eigenvalue weighted by atomic mass is 10.2. The quantitative estimate of drug-likeness (QED) is 0.376. The third kappa shape index (κ3) is 5.16. The van der Waals surface area contributed by atoms with E-state index < -0.39 is 16.5 Å². The van der Waals surface area contributed by atoms with Crippen molar-refractivity contribution >= 4 is 60.4 Å². The van der Waals surface area contributed by atoms with Crippen molar-refractivity contribution in [3.8, 4) is 0 Å². The molecule has 25 heavy (non-hydrogen) atoms. The molecule has 0 radical (unpaired) electrons. The molecular formula is C17H26Cl3NO2SSi. The summed E-state index contributed by atoms with van der Waals surface area (Å²) in [6.45, 7) is 14.3. The molecule has 0 aliphatic rings. The van der Waals surface area contributed by atoms with Gasteiger partial charge in [0.15, 0.2) is 8.24 Å². The van der Waals surface area contributed by atoms with E-state index in [-0.39, 0.29) is 0 Å². The maximum absolute atomic E-state index is 9.16. The number of halogens is 3. The monoisotopic (exact) mass is 441 g/mol. The molecule has 0 amide bonds. The van der Waals surface area contributed by atoms with E-state index in [4.69, 9.17) is 20.0 Å². The molecule has 1 heterocycles. The molecule has 142 valence electrons. The highest BCUT2D eigenvalue weighted by atomic mass is 36.0. The number of hydrogen-bond acceptors (Lipinski definition) is 2. The Bertz CT molecular complexity index is 787. The fraction of sp³-hybridized carbons (Fsp3) is 0.529. The molecular weight excluding hydrogens is 417 g/mol. The van der Waals surface area contributed by atoms with Crippen LogP contribution < -0.4 is 0 Å². The number of fused-ring (bicyclic) bond motifs is 1. The molecule has 0 saturated carbocycles. The van der Waals surface area contributed by atoms with E-state index in [0.29, 0.717) is 16.6 Å². The minimum Gasteiger partial charge on any atom is -0.372 e. The first-order valence-corrected chi connectivity index (χ1v) is 13.9. The molecule has 0 fully saturated rings. The van der Waals surface area contributed by atoms with Crippen molar-refractivity contribution in [1.29, 1.82) is 0 Å². The standard InChI is InChI=1S/C17H26ClNSi.Cl2O2S/c1-12(2)20(13(3)4,14(5)6)19-11-16(18)15-9-7-8-10-17(15)19;1-5(2,3)4/h7-14H,1-6H3;. The number of benzene rings is 1. The van der Waals surface area contributed by atoms with Crippen molar-refractivity contribution in [1.82, 2.24) is 4.23 Å². The highest BCUT2D eigenvalue weighted by molar-refractivity contribution is 8.31. The number of rotatable bonds is 4. The molecule has 0 aliphatic carbocycles. The molecule has 0 spiro atoms. The number of nitrogens with zero attached hydrogens (tertiary/aromatic N) is 1. The smallest absolute Gasteiger partial charge is 0.317 e.